The second-order valence-electron chi connectivity index (χ2n) is 4.67. The van der Waals surface area contributed by atoms with Crippen molar-refractivity contribution >= 4 is 5.91 Å². The Balaban J connectivity index is 2.33. The van der Waals surface area contributed by atoms with E-state index in [1.165, 1.54) is 0 Å². The van der Waals surface area contributed by atoms with Crippen molar-refractivity contribution in [3.8, 4) is 5.88 Å². The SMILES string of the molecule is COc1ncccc1CNC(=O)CCC(C)CCN. The fraction of sp³-hybridized carbons (Fsp3) is 0.571. The molecule has 106 valence electrons. The summed E-state index contributed by atoms with van der Waals surface area (Å²) in [6, 6.07) is 3.72. The third-order valence-electron chi connectivity index (χ3n) is 3.04. The van der Waals surface area contributed by atoms with Gasteiger partial charge in [-0.15, -0.1) is 0 Å². The van der Waals surface area contributed by atoms with Crippen molar-refractivity contribution < 1.29 is 9.53 Å². The average molecular weight is 265 g/mol. The van der Waals surface area contributed by atoms with Gasteiger partial charge in [-0.05, 0) is 31.4 Å². The number of carbonyl (C=O) groups is 1. The molecule has 0 aliphatic heterocycles. The molecule has 0 aromatic carbocycles. The van der Waals surface area contributed by atoms with Gasteiger partial charge in [-0.25, -0.2) is 4.98 Å². The molecule has 3 N–H and O–H groups in total. The molecule has 19 heavy (non-hydrogen) atoms. The van der Waals surface area contributed by atoms with Crippen molar-refractivity contribution in [1.82, 2.24) is 10.3 Å². The predicted octanol–water partition coefficient (Wildman–Crippen LogP) is 1.47. The lowest BCUT2D eigenvalue weighted by atomic mass is 10.0. The number of hydrogen-bond donors (Lipinski definition) is 2. The van der Waals surface area contributed by atoms with Crippen LogP contribution in [0.5, 0.6) is 5.88 Å². The van der Waals surface area contributed by atoms with E-state index in [-0.39, 0.29) is 5.91 Å². The van der Waals surface area contributed by atoms with E-state index in [1.807, 2.05) is 12.1 Å². The normalized spacial score (nSPS) is 11.9. The largest absolute Gasteiger partial charge is 0.481 e. The number of rotatable bonds is 8. The van der Waals surface area contributed by atoms with Crippen LogP contribution in [0.3, 0.4) is 0 Å². The van der Waals surface area contributed by atoms with E-state index in [0.717, 1.165) is 18.4 Å². The summed E-state index contributed by atoms with van der Waals surface area (Å²) in [6.07, 6.45) is 4.03. The quantitative estimate of drug-likeness (QED) is 0.746. The minimum atomic E-state index is 0.0507. The first-order chi connectivity index (χ1) is 9.17. The Labute approximate surface area is 114 Å². The molecule has 0 bridgehead atoms. The van der Waals surface area contributed by atoms with E-state index in [1.54, 1.807) is 13.3 Å². The van der Waals surface area contributed by atoms with Crippen molar-refractivity contribution in [2.24, 2.45) is 11.7 Å². The first-order valence-corrected chi connectivity index (χ1v) is 6.62. The molecule has 0 spiro atoms. The Kier molecular flexibility index (Phi) is 6.89. The van der Waals surface area contributed by atoms with Crippen LogP contribution in [0.1, 0.15) is 31.7 Å². The highest BCUT2D eigenvalue weighted by atomic mass is 16.5. The van der Waals surface area contributed by atoms with Gasteiger partial charge in [0.05, 0.1) is 7.11 Å². The lowest BCUT2D eigenvalue weighted by Crippen LogP contribution is -2.23. The van der Waals surface area contributed by atoms with Gasteiger partial charge in [-0.1, -0.05) is 13.0 Å². The van der Waals surface area contributed by atoms with Crippen LogP contribution in [0.15, 0.2) is 18.3 Å². The van der Waals surface area contributed by atoms with Gasteiger partial charge in [-0.3, -0.25) is 4.79 Å². The summed E-state index contributed by atoms with van der Waals surface area (Å²) >= 11 is 0. The standard InChI is InChI=1S/C14H23N3O2/c1-11(7-8-15)5-6-13(18)17-10-12-4-3-9-16-14(12)19-2/h3-4,9,11H,5-8,10,15H2,1-2H3,(H,17,18). The molecule has 1 aromatic heterocycles. The minimum Gasteiger partial charge on any atom is -0.481 e. The number of nitrogens with one attached hydrogen (secondary N) is 1. The number of nitrogens with two attached hydrogens (primary N) is 1. The Bertz CT molecular complexity index is 396. The summed E-state index contributed by atoms with van der Waals surface area (Å²) in [5.74, 6) is 1.10. The number of amides is 1. The predicted molar refractivity (Wildman–Crippen MR) is 74.7 cm³/mol. The molecule has 0 saturated carbocycles. The van der Waals surface area contributed by atoms with Crippen molar-refractivity contribution in [1.29, 1.82) is 0 Å². The smallest absolute Gasteiger partial charge is 0.220 e. The second-order valence-corrected chi connectivity index (χ2v) is 4.67. The lowest BCUT2D eigenvalue weighted by Gasteiger charge is -2.11. The van der Waals surface area contributed by atoms with Crippen LogP contribution < -0.4 is 15.8 Å². The fourth-order valence-corrected chi connectivity index (χ4v) is 1.83. The molecule has 0 aliphatic rings. The van der Waals surface area contributed by atoms with Gasteiger partial charge >= 0.3 is 0 Å². The molecule has 5 nitrogen and oxygen atoms in total. The summed E-state index contributed by atoms with van der Waals surface area (Å²) in [7, 11) is 1.57. The van der Waals surface area contributed by atoms with Crippen LogP contribution in [-0.4, -0.2) is 24.5 Å². The van der Waals surface area contributed by atoms with Crippen molar-refractivity contribution in [2.75, 3.05) is 13.7 Å². The number of aromatic nitrogens is 1. The zero-order valence-corrected chi connectivity index (χ0v) is 11.7. The summed E-state index contributed by atoms with van der Waals surface area (Å²) in [5.41, 5.74) is 6.36. The van der Waals surface area contributed by atoms with E-state index in [9.17, 15) is 4.79 Å². The highest BCUT2D eigenvalue weighted by Gasteiger charge is 2.08. The van der Waals surface area contributed by atoms with Gasteiger partial charge in [0.1, 0.15) is 0 Å². The van der Waals surface area contributed by atoms with Gasteiger partial charge in [0.25, 0.3) is 0 Å². The number of pyridine rings is 1. The number of nitrogens with zero attached hydrogens (tertiary/aromatic N) is 1. The number of methoxy groups -OCH3 is 1. The van der Waals surface area contributed by atoms with Crippen LogP contribution in [-0.2, 0) is 11.3 Å². The summed E-state index contributed by atoms with van der Waals surface area (Å²) in [4.78, 5) is 15.8. The van der Waals surface area contributed by atoms with Crippen molar-refractivity contribution in [2.45, 2.75) is 32.7 Å². The summed E-state index contributed by atoms with van der Waals surface area (Å²) < 4.78 is 5.13. The van der Waals surface area contributed by atoms with Gasteiger partial charge < -0.3 is 15.8 Å². The first-order valence-electron chi connectivity index (χ1n) is 6.62. The highest BCUT2D eigenvalue weighted by Crippen LogP contribution is 2.13. The molecule has 0 fully saturated rings. The Hall–Kier alpha value is -1.62. The molecule has 0 aliphatic carbocycles. The molecule has 1 atom stereocenters. The van der Waals surface area contributed by atoms with Gasteiger partial charge in [0.2, 0.25) is 11.8 Å². The molecule has 1 heterocycles. The molecule has 5 heteroatoms. The zero-order chi connectivity index (χ0) is 14.1. The summed E-state index contributed by atoms with van der Waals surface area (Å²) in [5, 5.41) is 2.88. The van der Waals surface area contributed by atoms with Crippen LogP contribution >= 0.6 is 0 Å². The maximum absolute atomic E-state index is 11.7. The molecule has 1 rings (SSSR count). The van der Waals surface area contributed by atoms with E-state index >= 15 is 0 Å². The zero-order valence-electron chi connectivity index (χ0n) is 11.7. The molecule has 1 amide bonds. The molecule has 1 unspecified atom stereocenters. The molecule has 0 radical (unpaired) electrons. The Morgan fingerprint density at radius 2 is 2.32 bits per heavy atom. The van der Waals surface area contributed by atoms with Gasteiger partial charge in [0, 0.05) is 24.7 Å². The van der Waals surface area contributed by atoms with Crippen molar-refractivity contribution in [3.05, 3.63) is 23.9 Å². The van der Waals surface area contributed by atoms with Crippen molar-refractivity contribution in [3.63, 3.8) is 0 Å². The van der Waals surface area contributed by atoms with Crippen LogP contribution in [0.4, 0.5) is 0 Å². The van der Waals surface area contributed by atoms with E-state index in [4.69, 9.17) is 10.5 Å². The topological polar surface area (TPSA) is 77.2 Å². The molecule has 1 aromatic rings. The summed E-state index contributed by atoms with van der Waals surface area (Å²) in [6.45, 7) is 3.24. The fourth-order valence-electron chi connectivity index (χ4n) is 1.83. The monoisotopic (exact) mass is 265 g/mol. The minimum absolute atomic E-state index is 0.0507. The number of carbonyl (C=O) groups excluding carboxylic acids is 1. The molecular formula is C14H23N3O2. The Morgan fingerprint density at radius 3 is 3.00 bits per heavy atom. The van der Waals surface area contributed by atoms with E-state index in [2.05, 4.69) is 17.2 Å². The lowest BCUT2D eigenvalue weighted by molar-refractivity contribution is -0.121. The first kappa shape index (κ1) is 15.4. The van der Waals surface area contributed by atoms with E-state index in [0.29, 0.717) is 31.3 Å². The second kappa shape index (κ2) is 8.48. The molecule has 0 saturated heterocycles. The molecular weight excluding hydrogens is 242 g/mol. The third-order valence-corrected chi connectivity index (χ3v) is 3.04. The number of ether oxygens (including phenoxy) is 1. The third kappa shape index (κ3) is 5.70. The maximum atomic E-state index is 11.7. The Morgan fingerprint density at radius 1 is 1.53 bits per heavy atom. The van der Waals surface area contributed by atoms with Crippen LogP contribution in [0.2, 0.25) is 0 Å². The van der Waals surface area contributed by atoms with Crippen LogP contribution in [0, 0.1) is 5.92 Å². The average Bonchev–Trinajstić information content (AvgIpc) is 2.43. The highest BCUT2D eigenvalue weighted by molar-refractivity contribution is 5.75. The van der Waals surface area contributed by atoms with Gasteiger partial charge in [-0.2, -0.15) is 0 Å². The van der Waals surface area contributed by atoms with Gasteiger partial charge in [0.15, 0.2) is 0 Å². The maximum Gasteiger partial charge on any atom is 0.220 e. The number of hydrogen-bond acceptors (Lipinski definition) is 4. The van der Waals surface area contributed by atoms with E-state index < -0.39 is 0 Å². The van der Waals surface area contributed by atoms with Crippen LogP contribution in [0.25, 0.3) is 0 Å².